The first-order valence-corrected chi connectivity index (χ1v) is 6.10. The number of hydrogen-bond donors (Lipinski definition) is 1. The molecule has 0 heterocycles. The molecule has 100 valence electrons. The van der Waals surface area contributed by atoms with Crippen molar-refractivity contribution in [2.45, 2.75) is 12.5 Å². The summed E-state index contributed by atoms with van der Waals surface area (Å²) >= 11 is 3.35. The lowest BCUT2D eigenvalue weighted by atomic mass is 9.92. The molecule has 3 nitrogen and oxygen atoms in total. The Morgan fingerprint density at radius 1 is 1.50 bits per heavy atom. The monoisotopic (exact) mass is 332 g/mol. The van der Waals surface area contributed by atoms with Gasteiger partial charge in [0.05, 0.1) is 0 Å². The summed E-state index contributed by atoms with van der Waals surface area (Å²) in [4.78, 5) is 13.7. The summed E-state index contributed by atoms with van der Waals surface area (Å²) < 4.78 is 0.962. The van der Waals surface area contributed by atoms with Gasteiger partial charge in [-0.1, -0.05) is 34.1 Å². The Kier molecular flexibility index (Phi) is 6.60. The van der Waals surface area contributed by atoms with Gasteiger partial charge >= 0.3 is 0 Å². The first kappa shape index (κ1) is 17.2. The molecule has 1 aromatic rings. The van der Waals surface area contributed by atoms with E-state index in [1.165, 1.54) is 0 Å². The van der Waals surface area contributed by atoms with Gasteiger partial charge in [0.15, 0.2) is 0 Å². The van der Waals surface area contributed by atoms with Crippen molar-refractivity contribution in [2.75, 3.05) is 13.6 Å². The highest BCUT2D eigenvalue weighted by molar-refractivity contribution is 9.10. The van der Waals surface area contributed by atoms with E-state index in [0.717, 1.165) is 10.0 Å². The summed E-state index contributed by atoms with van der Waals surface area (Å²) in [5, 5.41) is 0. The van der Waals surface area contributed by atoms with Crippen LogP contribution < -0.4 is 5.73 Å². The molecule has 1 atom stereocenters. The van der Waals surface area contributed by atoms with Gasteiger partial charge in [-0.3, -0.25) is 4.79 Å². The third-order valence-corrected chi connectivity index (χ3v) is 3.17. The van der Waals surface area contributed by atoms with E-state index in [2.05, 4.69) is 22.5 Å². The maximum Gasteiger partial charge on any atom is 0.246 e. The van der Waals surface area contributed by atoms with Gasteiger partial charge in [-0.25, -0.2) is 0 Å². The van der Waals surface area contributed by atoms with Crippen LogP contribution in [0, 0.1) is 0 Å². The number of nitrogens with two attached hydrogens (primary N) is 1. The van der Waals surface area contributed by atoms with Crippen LogP contribution in [0.15, 0.2) is 41.4 Å². The quantitative estimate of drug-likeness (QED) is 0.861. The molecule has 0 radical (unpaired) electrons. The number of rotatable bonds is 4. The fraction of sp³-hybridized carbons (Fsp3) is 0.308. The zero-order chi connectivity index (χ0) is 13.1. The summed E-state index contributed by atoms with van der Waals surface area (Å²) in [6.45, 7) is 5.82. The molecule has 5 heteroatoms. The van der Waals surface area contributed by atoms with E-state index in [1.54, 1.807) is 24.9 Å². The van der Waals surface area contributed by atoms with Gasteiger partial charge in [-0.05, 0) is 24.6 Å². The van der Waals surface area contributed by atoms with Crippen molar-refractivity contribution in [1.29, 1.82) is 0 Å². The van der Waals surface area contributed by atoms with Crippen molar-refractivity contribution in [3.63, 3.8) is 0 Å². The van der Waals surface area contributed by atoms with Crippen LogP contribution in [0.1, 0.15) is 12.5 Å². The largest absolute Gasteiger partial charge is 0.340 e. The van der Waals surface area contributed by atoms with Crippen molar-refractivity contribution in [2.24, 2.45) is 5.73 Å². The van der Waals surface area contributed by atoms with Crippen molar-refractivity contribution in [1.82, 2.24) is 4.90 Å². The predicted molar refractivity (Wildman–Crippen MR) is 80.8 cm³/mol. The normalized spacial score (nSPS) is 13.1. The molecule has 0 saturated heterocycles. The van der Waals surface area contributed by atoms with Gasteiger partial charge in [-0.15, -0.1) is 19.0 Å². The lowest BCUT2D eigenvalue weighted by molar-refractivity contribution is -0.134. The van der Waals surface area contributed by atoms with E-state index in [0.29, 0.717) is 6.54 Å². The van der Waals surface area contributed by atoms with Crippen LogP contribution in [-0.4, -0.2) is 24.4 Å². The van der Waals surface area contributed by atoms with Crippen LogP contribution >= 0.6 is 28.3 Å². The van der Waals surface area contributed by atoms with Gasteiger partial charge in [0.25, 0.3) is 0 Å². The van der Waals surface area contributed by atoms with Crippen LogP contribution in [0.3, 0.4) is 0 Å². The molecular weight excluding hydrogens is 316 g/mol. The number of carbonyl (C=O) groups excluding carboxylic acids is 1. The van der Waals surface area contributed by atoms with Gasteiger partial charge in [-0.2, -0.15) is 0 Å². The number of benzene rings is 1. The molecule has 0 fully saturated rings. The molecule has 0 aliphatic carbocycles. The molecular formula is C13H18BrClN2O. The second-order valence-corrected chi connectivity index (χ2v) is 5.10. The number of likely N-dealkylation sites (N-methyl/N-ethyl adjacent to an activating group) is 1. The van der Waals surface area contributed by atoms with Crippen LogP contribution in [0.2, 0.25) is 0 Å². The topological polar surface area (TPSA) is 46.3 Å². The number of hydrogen-bond acceptors (Lipinski definition) is 2. The summed E-state index contributed by atoms with van der Waals surface area (Å²) in [6, 6.07) is 7.45. The van der Waals surface area contributed by atoms with Crippen molar-refractivity contribution in [3.8, 4) is 0 Å². The summed E-state index contributed by atoms with van der Waals surface area (Å²) in [5.74, 6) is -0.125. The van der Waals surface area contributed by atoms with Crippen molar-refractivity contribution >= 4 is 34.2 Å². The average molecular weight is 334 g/mol. The summed E-state index contributed by atoms with van der Waals surface area (Å²) in [5.41, 5.74) is 5.90. The maximum atomic E-state index is 12.2. The molecule has 0 bridgehead atoms. The molecule has 0 spiro atoms. The van der Waals surface area contributed by atoms with Crippen LogP contribution in [0.4, 0.5) is 0 Å². The molecule has 0 aromatic heterocycles. The molecule has 1 unspecified atom stereocenters. The van der Waals surface area contributed by atoms with Crippen molar-refractivity contribution in [3.05, 3.63) is 47.0 Å². The van der Waals surface area contributed by atoms with Gasteiger partial charge in [0, 0.05) is 18.1 Å². The van der Waals surface area contributed by atoms with E-state index in [-0.39, 0.29) is 18.3 Å². The van der Waals surface area contributed by atoms with Crippen molar-refractivity contribution < 1.29 is 4.79 Å². The fourth-order valence-electron chi connectivity index (χ4n) is 1.59. The Labute approximate surface area is 123 Å². The zero-order valence-electron chi connectivity index (χ0n) is 10.5. The van der Waals surface area contributed by atoms with Crippen LogP contribution in [0.5, 0.6) is 0 Å². The molecule has 1 aromatic carbocycles. The molecule has 0 saturated carbocycles. The summed E-state index contributed by atoms with van der Waals surface area (Å²) in [6.07, 6.45) is 1.68. The Bertz CT molecular complexity index is 418. The Hall–Kier alpha value is -0.840. The third-order valence-electron chi connectivity index (χ3n) is 2.64. The fourth-order valence-corrected chi connectivity index (χ4v) is 1.86. The SMILES string of the molecule is C=CCN(C)C(=O)C(C)(N)c1ccc(Br)cc1.Cl. The molecule has 0 aliphatic rings. The van der Waals surface area contributed by atoms with Gasteiger partial charge < -0.3 is 10.6 Å². The highest BCUT2D eigenvalue weighted by Crippen LogP contribution is 2.22. The third kappa shape index (κ3) is 3.83. The smallest absolute Gasteiger partial charge is 0.246 e. The van der Waals surface area contributed by atoms with Crippen LogP contribution in [0.25, 0.3) is 0 Å². The van der Waals surface area contributed by atoms with Crippen LogP contribution in [-0.2, 0) is 10.3 Å². The molecule has 0 aliphatic heterocycles. The standard InChI is InChI=1S/C13H17BrN2O.ClH/c1-4-9-16(3)12(17)13(2,15)10-5-7-11(14)8-6-10;/h4-8H,1,9,15H2,2-3H3;1H. The maximum absolute atomic E-state index is 12.2. The Morgan fingerprint density at radius 2 is 2.00 bits per heavy atom. The van der Waals surface area contributed by atoms with E-state index in [4.69, 9.17) is 5.73 Å². The second-order valence-electron chi connectivity index (χ2n) is 4.18. The molecule has 2 N–H and O–H groups in total. The first-order chi connectivity index (χ1) is 7.89. The van der Waals surface area contributed by atoms with E-state index >= 15 is 0 Å². The summed E-state index contributed by atoms with van der Waals surface area (Å²) in [7, 11) is 1.72. The molecule has 1 amide bonds. The lowest BCUT2D eigenvalue weighted by Gasteiger charge is -2.29. The minimum absolute atomic E-state index is 0. The minimum Gasteiger partial charge on any atom is -0.340 e. The second kappa shape index (κ2) is 6.92. The first-order valence-electron chi connectivity index (χ1n) is 5.31. The Morgan fingerprint density at radius 3 is 2.44 bits per heavy atom. The minimum atomic E-state index is -1.02. The number of amides is 1. The average Bonchev–Trinajstić information content (AvgIpc) is 2.29. The number of nitrogens with zero attached hydrogens (tertiary/aromatic N) is 1. The zero-order valence-corrected chi connectivity index (χ0v) is 12.9. The van der Waals surface area contributed by atoms with Gasteiger partial charge in [0.2, 0.25) is 5.91 Å². The number of halogens is 2. The lowest BCUT2D eigenvalue weighted by Crippen LogP contribution is -2.49. The highest BCUT2D eigenvalue weighted by atomic mass is 79.9. The molecule has 18 heavy (non-hydrogen) atoms. The number of carbonyl (C=O) groups is 1. The Balaban J connectivity index is 0.00000289. The van der Waals surface area contributed by atoms with E-state index in [1.807, 2.05) is 24.3 Å². The predicted octanol–water partition coefficient (Wildman–Crippen LogP) is 2.69. The van der Waals surface area contributed by atoms with E-state index < -0.39 is 5.54 Å². The van der Waals surface area contributed by atoms with E-state index in [9.17, 15) is 4.79 Å². The van der Waals surface area contributed by atoms with Gasteiger partial charge in [0.1, 0.15) is 5.54 Å². The highest BCUT2D eigenvalue weighted by Gasteiger charge is 2.32. The molecule has 1 rings (SSSR count).